The van der Waals surface area contributed by atoms with Crippen LogP contribution in [0.3, 0.4) is 0 Å². The molecule has 0 aromatic heterocycles. The minimum atomic E-state index is 0.489. The maximum Gasteiger partial charge on any atom is 0.0316 e. The predicted octanol–water partition coefficient (Wildman–Crippen LogP) is 3.41. The Morgan fingerprint density at radius 1 is 1.06 bits per heavy atom. The van der Waals surface area contributed by atoms with E-state index in [2.05, 4.69) is 62.3 Å². The summed E-state index contributed by atoms with van der Waals surface area (Å²) < 4.78 is 0. The van der Waals surface area contributed by atoms with E-state index in [1.807, 2.05) is 7.05 Å². The smallest absolute Gasteiger partial charge is 0.0316 e. The lowest BCUT2D eigenvalue weighted by atomic mass is 9.99. The molecule has 0 saturated carbocycles. The molecule has 1 aromatic carbocycles. The zero-order chi connectivity index (χ0) is 13.5. The van der Waals surface area contributed by atoms with Gasteiger partial charge in [0.1, 0.15) is 0 Å². The van der Waals surface area contributed by atoms with Gasteiger partial charge in [-0.25, -0.2) is 0 Å². The first-order valence-corrected chi connectivity index (χ1v) is 7.01. The quantitative estimate of drug-likeness (QED) is 0.744. The molecular formula is C16H28N2. The molecule has 0 aliphatic carbocycles. The van der Waals surface area contributed by atoms with Crippen molar-refractivity contribution in [2.45, 2.75) is 39.2 Å². The summed E-state index contributed by atoms with van der Waals surface area (Å²) in [5.74, 6) is 0.614. The zero-order valence-electron chi connectivity index (χ0n) is 12.5. The van der Waals surface area contributed by atoms with Crippen LogP contribution < -0.4 is 5.32 Å². The molecule has 0 fully saturated rings. The molecule has 18 heavy (non-hydrogen) atoms. The van der Waals surface area contributed by atoms with Gasteiger partial charge in [0.2, 0.25) is 0 Å². The lowest BCUT2D eigenvalue weighted by molar-refractivity contribution is 0.258. The van der Waals surface area contributed by atoms with E-state index in [-0.39, 0.29) is 0 Å². The van der Waals surface area contributed by atoms with Crippen molar-refractivity contribution in [1.29, 1.82) is 0 Å². The van der Waals surface area contributed by atoms with E-state index in [1.54, 1.807) is 0 Å². The van der Waals surface area contributed by atoms with Gasteiger partial charge in [0.25, 0.3) is 0 Å². The third-order valence-electron chi connectivity index (χ3n) is 3.68. The molecule has 1 N–H and O–H groups in total. The largest absolute Gasteiger partial charge is 0.320 e. The van der Waals surface area contributed by atoms with Crippen molar-refractivity contribution in [2.24, 2.45) is 0 Å². The highest BCUT2D eigenvalue weighted by Crippen LogP contribution is 2.21. The van der Waals surface area contributed by atoms with Gasteiger partial charge in [-0.2, -0.15) is 0 Å². The molecule has 0 bridgehead atoms. The second-order valence-electron chi connectivity index (χ2n) is 5.44. The highest BCUT2D eigenvalue weighted by atomic mass is 15.1. The highest BCUT2D eigenvalue weighted by Gasteiger charge is 2.11. The Morgan fingerprint density at radius 3 is 2.11 bits per heavy atom. The minimum Gasteiger partial charge on any atom is -0.320 e. The summed E-state index contributed by atoms with van der Waals surface area (Å²) in [4.78, 5) is 2.42. The van der Waals surface area contributed by atoms with Gasteiger partial charge in [-0.05, 0) is 57.6 Å². The Balaban J connectivity index is 2.57. The van der Waals surface area contributed by atoms with Gasteiger partial charge in [0.15, 0.2) is 0 Å². The van der Waals surface area contributed by atoms with Crippen LogP contribution in [-0.4, -0.2) is 32.1 Å². The Morgan fingerprint density at radius 2 is 1.61 bits per heavy atom. The molecule has 1 aromatic rings. The second kappa shape index (κ2) is 7.55. The summed E-state index contributed by atoms with van der Waals surface area (Å²) >= 11 is 0. The molecular weight excluding hydrogens is 220 g/mol. The first-order valence-electron chi connectivity index (χ1n) is 7.01. The maximum absolute atomic E-state index is 3.20. The van der Waals surface area contributed by atoms with Crippen LogP contribution in [0.4, 0.5) is 0 Å². The molecule has 0 saturated heterocycles. The van der Waals surface area contributed by atoms with Crippen molar-refractivity contribution in [3.63, 3.8) is 0 Å². The Labute approximate surface area is 112 Å². The molecule has 1 atom stereocenters. The third-order valence-corrected chi connectivity index (χ3v) is 3.68. The van der Waals surface area contributed by atoms with Crippen LogP contribution in [0, 0.1) is 0 Å². The normalized spacial score (nSPS) is 13.3. The van der Waals surface area contributed by atoms with Crippen molar-refractivity contribution < 1.29 is 0 Å². The first-order chi connectivity index (χ1) is 8.56. The van der Waals surface area contributed by atoms with E-state index in [1.165, 1.54) is 17.5 Å². The fraction of sp³-hybridized carbons (Fsp3) is 0.625. The molecule has 0 spiro atoms. The lowest BCUT2D eigenvalue weighted by Crippen LogP contribution is -2.25. The SMILES string of the molecule is CNCCCN(C)C(C)c1ccc(C(C)C)cc1. The molecule has 0 amide bonds. The average molecular weight is 248 g/mol. The maximum atomic E-state index is 3.20. The molecule has 2 heteroatoms. The molecule has 1 unspecified atom stereocenters. The molecule has 1 rings (SSSR count). The van der Waals surface area contributed by atoms with Crippen molar-refractivity contribution in [1.82, 2.24) is 10.2 Å². The van der Waals surface area contributed by atoms with Gasteiger partial charge in [0.05, 0.1) is 0 Å². The summed E-state index contributed by atoms with van der Waals surface area (Å²) in [6, 6.07) is 9.56. The topological polar surface area (TPSA) is 15.3 Å². The van der Waals surface area contributed by atoms with Crippen LogP contribution in [0.5, 0.6) is 0 Å². The van der Waals surface area contributed by atoms with Crippen molar-refractivity contribution >= 4 is 0 Å². The van der Waals surface area contributed by atoms with E-state index in [0.29, 0.717) is 12.0 Å². The fourth-order valence-corrected chi connectivity index (χ4v) is 2.11. The van der Waals surface area contributed by atoms with Gasteiger partial charge in [-0.3, -0.25) is 4.90 Å². The lowest BCUT2D eigenvalue weighted by Gasteiger charge is -2.25. The van der Waals surface area contributed by atoms with Gasteiger partial charge in [0, 0.05) is 6.04 Å². The number of hydrogen-bond acceptors (Lipinski definition) is 2. The second-order valence-corrected chi connectivity index (χ2v) is 5.44. The van der Waals surface area contributed by atoms with Crippen molar-refractivity contribution in [2.75, 3.05) is 27.2 Å². The Bertz CT molecular complexity index is 329. The van der Waals surface area contributed by atoms with Crippen LogP contribution in [0.1, 0.15) is 50.3 Å². The van der Waals surface area contributed by atoms with Gasteiger partial charge < -0.3 is 5.32 Å². The number of benzene rings is 1. The number of hydrogen-bond donors (Lipinski definition) is 1. The molecule has 102 valence electrons. The van der Waals surface area contributed by atoms with Gasteiger partial charge in [-0.15, -0.1) is 0 Å². The van der Waals surface area contributed by atoms with Crippen molar-refractivity contribution in [3.05, 3.63) is 35.4 Å². The molecule has 0 aliphatic heterocycles. The number of nitrogens with one attached hydrogen (secondary N) is 1. The standard InChI is InChI=1S/C16H28N2/c1-13(2)15-7-9-16(10-8-15)14(3)18(5)12-6-11-17-4/h7-10,13-14,17H,6,11-12H2,1-5H3. The highest BCUT2D eigenvalue weighted by molar-refractivity contribution is 5.26. The molecule has 0 aliphatic rings. The van der Waals surface area contributed by atoms with Crippen LogP contribution in [0.25, 0.3) is 0 Å². The van der Waals surface area contributed by atoms with E-state index in [0.717, 1.165) is 13.1 Å². The summed E-state index contributed by atoms with van der Waals surface area (Å²) in [6.45, 7) is 8.98. The Kier molecular flexibility index (Phi) is 6.37. The molecule has 0 radical (unpaired) electrons. The summed E-state index contributed by atoms with van der Waals surface area (Å²) in [5, 5.41) is 3.20. The van der Waals surface area contributed by atoms with Crippen LogP contribution in [0.2, 0.25) is 0 Å². The van der Waals surface area contributed by atoms with E-state index >= 15 is 0 Å². The van der Waals surface area contributed by atoms with Crippen LogP contribution in [-0.2, 0) is 0 Å². The predicted molar refractivity (Wildman–Crippen MR) is 80.1 cm³/mol. The summed E-state index contributed by atoms with van der Waals surface area (Å²) in [5.41, 5.74) is 2.83. The van der Waals surface area contributed by atoms with Gasteiger partial charge >= 0.3 is 0 Å². The third kappa shape index (κ3) is 4.43. The number of rotatable bonds is 7. The van der Waals surface area contributed by atoms with Crippen molar-refractivity contribution in [3.8, 4) is 0 Å². The van der Waals surface area contributed by atoms with E-state index in [4.69, 9.17) is 0 Å². The summed E-state index contributed by atoms with van der Waals surface area (Å²) in [6.07, 6.45) is 1.20. The van der Waals surface area contributed by atoms with Crippen LogP contribution >= 0.6 is 0 Å². The molecule has 2 nitrogen and oxygen atoms in total. The van der Waals surface area contributed by atoms with Gasteiger partial charge in [-0.1, -0.05) is 38.1 Å². The molecule has 0 heterocycles. The monoisotopic (exact) mass is 248 g/mol. The zero-order valence-corrected chi connectivity index (χ0v) is 12.5. The van der Waals surface area contributed by atoms with E-state index < -0.39 is 0 Å². The minimum absolute atomic E-state index is 0.489. The number of nitrogens with zero attached hydrogens (tertiary/aromatic N) is 1. The summed E-state index contributed by atoms with van der Waals surface area (Å²) in [7, 11) is 4.21. The van der Waals surface area contributed by atoms with Crippen LogP contribution in [0.15, 0.2) is 24.3 Å². The first kappa shape index (κ1) is 15.2. The average Bonchev–Trinajstić information content (AvgIpc) is 2.38. The van der Waals surface area contributed by atoms with E-state index in [9.17, 15) is 0 Å². The fourth-order valence-electron chi connectivity index (χ4n) is 2.11. The Hall–Kier alpha value is -0.860.